The average Bonchev–Trinajstić information content (AvgIpc) is 2.05. The Bertz CT molecular complexity index is 248. The van der Waals surface area contributed by atoms with Crippen LogP contribution in [-0.2, 0) is 4.74 Å². The summed E-state index contributed by atoms with van der Waals surface area (Å²) in [7, 11) is 1.19. The maximum Gasteiger partial charge on any atom is 0.374 e. The summed E-state index contributed by atoms with van der Waals surface area (Å²) in [5.74, 6) is 0. The van der Waals surface area contributed by atoms with Crippen molar-refractivity contribution >= 4 is 0 Å². The first-order valence-corrected chi connectivity index (χ1v) is 3.37. The second-order valence-corrected chi connectivity index (χ2v) is 2.40. The number of hydrogen-bond donors (Lipinski definition) is 1. The van der Waals surface area contributed by atoms with E-state index in [9.17, 15) is 15.2 Å². The normalized spacial score (nSPS) is 33.7. The van der Waals surface area contributed by atoms with E-state index in [1.807, 2.05) is 0 Å². The molecule has 1 aliphatic rings. The Morgan fingerprint density at radius 1 is 1.67 bits per heavy atom. The zero-order valence-electron chi connectivity index (χ0n) is 6.51. The SMILES string of the molecule is COC1([N+](=O)[O-])C=CC=CC1O. The Hall–Kier alpha value is -1.20. The van der Waals surface area contributed by atoms with Crippen LogP contribution in [0.15, 0.2) is 24.3 Å². The lowest BCUT2D eigenvalue weighted by atomic mass is 10.0. The lowest BCUT2D eigenvalue weighted by Crippen LogP contribution is -2.49. The molecule has 0 aromatic rings. The fourth-order valence-electron chi connectivity index (χ4n) is 1.03. The Morgan fingerprint density at radius 3 is 2.67 bits per heavy atom. The van der Waals surface area contributed by atoms with Crippen molar-refractivity contribution in [3.63, 3.8) is 0 Å². The van der Waals surface area contributed by atoms with Crippen molar-refractivity contribution in [2.24, 2.45) is 0 Å². The molecule has 5 heteroatoms. The second kappa shape index (κ2) is 3.04. The summed E-state index contributed by atoms with van der Waals surface area (Å²) < 4.78 is 4.67. The van der Waals surface area contributed by atoms with Gasteiger partial charge < -0.3 is 9.84 Å². The maximum atomic E-state index is 10.6. The van der Waals surface area contributed by atoms with Gasteiger partial charge in [-0.3, -0.25) is 10.1 Å². The number of nitro groups is 1. The molecule has 1 rings (SSSR count). The van der Waals surface area contributed by atoms with Crippen LogP contribution in [0.1, 0.15) is 0 Å². The van der Waals surface area contributed by atoms with E-state index in [2.05, 4.69) is 4.74 Å². The van der Waals surface area contributed by atoms with E-state index in [-0.39, 0.29) is 0 Å². The molecule has 0 fully saturated rings. The number of nitrogens with zero attached hydrogens (tertiary/aromatic N) is 1. The number of rotatable bonds is 2. The third-order valence-electron chi connectivity index (χ3n) is 1.78. The number of allylic oxidation sites excluding steroid dienone is 2. The highest BCUT2D eigenvalue weighted by molar-refractivity contribution is 5.19. The average molecular weight is 171 g/mol. The van der Waals surface area contributed by atoms with Gasteiger partial charge in [0, 0.05) is 13.2 Å². The number of aliphatic hydroxyl groups is 1. The van der Waals surface area contributed by atoms with Crippen LogP contribution in [0.2, 0.25) is 0 Å². The van der Waals surface area contributed by atoms with Crippen molar-refractivity contribution in [1.82, 2.24) is 0 Å². The Morgan fingerprint density at radius 2 is 2.33 bits per heavy atom. The molecule has 0 aromatic heterocycles. The van der Waals surface area contributed by atoms with Crippen LogP contribution in [0.25, 0.3) is 0 Å². The molecular weight excluding hydrogens is 162 g/mol. The molecule has 5 nitrogen and oxygen atoms in total. The molecule has 0 bridgehead atoms. The molecule has 0 saturated heterocycles. The van der Waals surface area contributed by atoms with E-state index in [1.54, 1.807) is 0 Å². The highest BCUT2D eigenvalue weighted by atomic mass is 16.7. The molecule has 0 heterocycles. The summed E-state index contributed by atoms with van der Waals surface area (Å²) >= 11 is 0. The lowest BCUT2D eigenvalue weighted by Gasteiger charge is -2.24. The minimum Gasteiger partial charge on any atom is -0.379 e. The second-order valence-electron chi connectivity index (χ2n) is 2.40. The van der Waals surface area contributed by atoms with Gasteiger partial charge in [-0.1, -0.05) is 12.2 Å². The van der Waals surface area contributed by atoms with Crippen LogP contribution in [0.3, 0.4) is 0 Å². The largest absolute Gasteiger partial charge is 0.379 e. The minimum atomic E-state index is -1.81. The molecule has 2 atom stereocenters. The molecule has 1 N–H and O–H groups in total. The first-order valence-electron chi connectivity index (χ1n) is 3.37. The lowest BCUT2D eigenvalue weighted by molar-refractivity contribution is -0.621. The van der Waals surface area contributed by atoms with Gasteiger partial charge in [-0.25, -0.2) is 0 Å². The topological polar surface area (TPSA) is 72.6 Å². The first kappa shape index (κ1) is 8.89. The highest BCUT2D eigenvalue weighted by Gasteiger charge is 2.48. The fourth-order valence-corrected chi connectivity index (χ4v) is 1.03. The van der Waals surface area contributed by atoms with Crippen LogP contribution in [0.5, 0.6) is 0 Å². The van der Waals surface area contributed by atoms with E-state index in [0.29, 0.717) is 0 Å². The highest BCUT2D eigenvalue weighted by Crippen LogP contribution is 2.22. The Kier molecular flexibility index (Phi) is 2.25. The van der Waals surface area contributed by atoms with Gasteiger partial charge in [-0.05, 0) is 6.08 Å². The summed E-state index contributed by atoms with van der Waals surface area (Å²) in [5, 5.41) is 19.8. The van der Waals surface area contributed by atoms with Crippen LogP contribution < -0.4 is 0 Å². The maximum absolute atomic E-state index is 10.6. The van der Waals surface area contributed by atoms with Gasteiger partial charge >= 0.3 is 5.72 Å². The van der Waals surface area contributed by atoms with E-state index in [4.69, 9.17) is 0 Å². The van der Waals surface area contributed by atoms with Crippen molar-refractivity contribution in [1.29, 1.82) is 0 Å². The summed E-state index contributed by atoms with van der Waals surface area (Å²) in [5.41, 5.74) is -1.81. The Balaban J connectivity index is 3.00. The van der Waals surface area contributed by atoms with E-state index >= 15 is 0 Å². The number of ether oxygens (including phenoxy) is 1. The van der Waals surface area contributed by atoms with Crippen molar-refractivity contribution in [2.45, 2.75) is 11.8 Å². The zero-order chi connectivity index (χ0) is 9.19. The third-order valence-corrected chi connectivity index (χ3v) is 1.78. The van der Waals surface area contributed by atoms with Crippen LogP contribution >= 0.6 is 0 Å². The predicted molar refractivity (Wildman–Crippen MR) is 41.0 cm³/mol. The van der Waals surface area contributed by atoms with Crippen molar-refractivity contribution in [3.8, 4) is 0 Å². The van der Waals surface area contributed by atoms with Gasteiger partial charge in [-0.2, -0.15) is 0 Å². The van der Waals surface area contributed by atoms with Gasteiger partial charge in [0.15, 0.2) is 6.10 Å². The van der Waals surface area contributed by atoms with Gasteiger partial charge in [0.05, 0.1) is 4.92 Å². The summed E-state index contributed by atoms with van der Waals surface area (Å²) in [6.45, 7) is 0. The first-order chi connectivity index (χ1) is 5.63. The molecule has 66 valence electrons. The number of aliphatic hydroxyl groups excluding tert-OH is 1. The van der Waals surface area contributed by atoms with E-state index in [0.717, 1.165) is 0 Å². The number of hydrogen-bond acceptors (Lipinski definition) is 4. The predicted octanol–water partition coefficient (Wildman–Crippen LogP) is 0.0927. The van der Waals surface area contributed by atoms with Crippen molar-refractivity contribution in [3.05, 3.63) is 34.4 Å². The molecule has 0 spiro atoms. The van der Waals surface area contributed by atoms with Crippen LogP contribution in [0.4, 0.5) is 0 Å². The van der Waals surface area contributed by atoms with Crippen molar-refractivity contribution < 1.29 is 14.8 Å². The fraction of sp³-hybridized carbons (Fsp3) is 0.429. The van der Waals surface area contributed by atoms with Crippen LogP contribution in [-0.4, -0.2) is 29.0 Å². The minimum absolute atomic E-state index is 0.655. The smallest absolute Gasteiger partial charge is 0.374 e. The molecule has 0 aromatic carbocycles. The van der Waals surface area contributed by atoms with Gasteiger partial charge in [0.2, 0.25) is 0 Å². The van der Waals surface area contributed by atoms with Gasteiger partial charge in [-0.15, -0.1) is 0 Å². The summed E-state index contributed by atoms with van der Waals surface area (Å²) in [4.78, 5) is 9.90. The molecule has 0 saturated carbocycles. The Labute approximate surface area is 69.1 Å². The van der Waals surface area contributed by atoms with E-state index in [1.165, 1.54) is 31.4 Å². The molecule has 1 aliphatic carbocycles. The number of methoxy groups -OCH3 is 1. The van der Waals surface area contributed by atoms with Gasteiger partial charge in [0.25, 0.3) is 0 Å². The standard InChI is InChI=1S/C7H9NO4/c1-12-7(8(10)11)5-3-2-4-6(7)9/h2-6,9H,1H3. The molecule has 0 radical (unpaired) electrons. The molecule has 0 amide bonds. The summed E-state index contributed by atoms with van der Waals surface area (Å²) in [6.07, 6.45) is 4.30. The van der Waals surface area contributed by atoms with Gasteiger partial charge in [0.1, 0.15) is 0 Å². The third kappa shape index (κ3) is 1.13. The molecular formula is C7H9NO4. The summed E-state index contributed by atoms with van der Waals surface area (Å²) in [6, 6.07) is 0. The van der Waals surface area contributed by atoms with E-state index < -0.39 is 16.8 Å². The van der Waals surface area contributed by atoms with Crippen LogP contribution in [0, 0.1) is 10.1 Å². The molecule has 12 heavy (non-hydrogen) atoms. The van der Waals surface area contributed by atoms with Crippen molar-refractivity contribution in [2.75, 3.05) is 7.11 Å². The molecule has 2 unspecified atom stereocenters. The monoisotopic (exact) mass is 171 g/mol. The molecule has 0 aliphatic heterocycles. The zero-order valence-corrected chi connectivity index (χ0v) is 6.51. The quantitative estimate of drug-likeness (QED) is 0.363.